The molecule has 1 heterocycles. The molecule has 0 aromatic rings. The predicted octanol–water partition coefficient (Wildman–Crippen LogP) is 7.55. The van der Waals surface area contributed by atoms with E-state index in [4.69, 9.17) is 27.9 Å². The molecule has 0 saturated heterocycles. The maximum atomic E-state index is 11.9. The summed E-state index contributed by atoms with van der Waals surface area (Å²) < 4.78 is 5.79. The maximum absolute atomic E-state index is 11.9. The number of allylic oxidation sites excluding steroid dienone is 2. The molecule has 1 rings (SSSR count). The third-order valence-electron chi connectivity index (χ3n) is 6.10. The largest absolute Gasteiger partial charge is 0.361 e. The second-order valence-electron chi connectivity index (χ2n) is 9.18. The first kappa shape index (κ1) is 30.3. The Balaban J connectivity index is 1.91. The summed E-state index contributed by atoms with van der Waals surface area (Å²) in [7, 11) is 0. The van der Waals surface area contributed by atoms with Crippen molar-refractivity contribution < 1.29 is 9.53 Å². The molecule has 192 valence electrons. The molecule has 0 spiro atoms. The van der Waals surface area contributed by atoms with Crippen LogP contribution in [0.15, 0.2) is 23.9 Å². The topological polar surface area (TPSA) is 41.6 Å². The highest BCUT2D eigenvalue weighted by Crippen LogP contribution is 2.23. The average molecular weight is 504 g/mol. The number of nitrogens with one attached hydrogen (secondary N) is 1. The van der Waals surface area contributed by atoms with E-state index in [1.165, 1.54) is 70.6 Å². The van der Waals surface area contributed by atoms with Crippen molar-refractivity contribution in [3.05, 3.63) is 23.9 Å². The van der Waals surface area contributed by atoms with Crippen LogP contribution in [-0.2, 0) is 9.53 Å². The van der Waals surface area contributed by atoms with Gasteiger partial charge in [-0.3, -0.25) is 4.79 Å². The van der Waals surface area contributed by atoms with Crippen LogP contribution in [0.5, 0.6) is 0 Å². The average Bonchev–Trinajstić information content (AvgIpc) is 2.82. The van der Waals surface area contributed by atoms with Crippen LogP contribution in [0.3, 0.4) is 0 Å². The fourth-order valence-electron chi connectivity index (χ4n) is 4.03. The minimum Gasteiger partial charge on any atom is -0.361 e. The van der Waals surface area contributed by atoms with Gasteiger partial charge >= 0.3 is 0 Å². The van der Waals surface area contributed by atoms with Crippen LogP contribution in [0.25, 0.3) is 0 Å². The Morgan fingerprint density at radius 1 is 0.939 bits per heavy atom. The third kappa shape index (κ3) is 15.7. The minimum atomic E-state index is 0.00621. The van der Waals surface area contributed by atoms with Crippen molar-refractivity contribution >= 4 is 29.1 Å². The Kier molecular flexibility index (Phi) is 19.0. The molecule has 0 aromatic heterocycles. The molecular weight excluding hydrogens is 455 g/mol. The van der Waals surface area contributed by atoms with Crippen molar-refractivity contribution in [1.29, 1.82) is 0 Å². The summed E-state index contributed by atoms with van der Waals surface area (Å²) in [6, 6.07) is 0. The summed E-state index contributed by atoms with van der Waals surface area (Å²) in [5.41, 5.74) is 0.782. The van der Waals surface area contributed by atoms with Gasteiger partial charge in [0.25, 0.3) is 0 Å². The van der Waals surface area contributed by atoms with Crippen LogP contribution in [0.4, 0.5) is 0 Å². The van der Waals surface area contributed by atoms with E-state index < -0.39 is 0 Å². The molecule has 1 N–H and O–H groups in total. The van der Waals surface area contributed by atoms with Gasteiger partial charge in [0.2, 0.25) is 5.91 Å². The molecule has 2 atom stereocenters. The number of likely N-dealkylation sites (N-methyl/N-ethyl adjacent to an activating group) is 1. The fourth-order valence-corrected chi connectivity index (χ4v) is 4.59. The number of hydrogen-bond acceptors (Lipinski definition) is 3. The highest BCUT2D eigenvalue weighted by molar-refractivity contribution is 6.29. The van der Waals surface area contributed by atoms with Crippen LogP contribution in [0.2, 0.25) is 0 Å². The molecule has 33 heavy (non-hydrogen) atoms. The van der Waals surface area contributed by atoms with Crippen LogP contribution in [0, 0.1) is 0 Å². The van der Waals surface area contributed by atoms with E-state index in [-0.39, 0.29) is 16.7 Å². The number of nitrogens with zero attached hydrogens (tertiary/aromatic N) is 1. The number of halogens is 2. The third-order valence-corrected chi connectivity index (χ3v) is 7.27. The van der Waals surface area contributed by atoms with Gasteiger partial charge in [0.1, 0.15) is 6.73 Å². The first-order valence-electron chi connectivity index (χ1n) is 13.3. The number of rotatable bonds is 21. The molecule has 1 amide bonds. The summed E-state index contributed by atoms with van der Waals surface area (Å²) in [5.74, 6) is 0.00621. The van der Waals surface area contributed by atoms with E-state index in [0.29, 0.717) is 19.8 Å². The van der Waals surface area contributed by atoms with Gasteiger partial charge in [-0.25, -0.2) is 0 Å². The standard InChI is InChI=1S/C27H48Cl2N2O2/c1-3-5-6-7-10-13-18-25(28)26(29)19-14-11-8-9-12-15-21-33-23-31-20-16-17-24(22-31)27(32)30-4-2/h16-17,20,25-26H,3-15,18-19,21-23H2,1-2H3,(H,30,32). The lowest BCUT2D eigenvalue weighted by Gasteiger charge is -2.24. The molecule has 0 saturated carbocycles. The monoisotopic (exact) mass is 502 g/mol. The molecular formula is C27H48Cl2N2O2. The quantitative estimate of drug-likeness (QED) is 0.130. The molecule has 2 unspecified atom stereocenters. The summed E-state index contributed by atoms with van der Waals surface area (Å²) in [5, 5.41) is 3.08. The zero-order valence-corrected chi connectivity index (χ0v) is 22.6. The van der Waals surface area contributed by atoms with E-state index in [9.17, 15) is 4.79 Å². The number of hydrogen-bond donors (Lipinski definition) is 1. The van der Waals surface area contributed by atoms with Crippen molar-refractivity contribution in [2.24, 2.45) is 0 Å². The van der Waals surface area contributed by atoms with Gasteiger partial charge in [0.15, 0.2) is 0 Å². The maximum Gasteiger partial charge on any atom is 0.249 e. The molecule has 4 nitrogen and oxygen atoms in total. The predicted molar refractivity (Wildman–Crippen MR) is 143 cm³/mol. The Hall–Kier alpha value is -0.710. The van der Waals surface area contributed by atoms with Crippen LogP contribution in [-0.4, -0.2) is 48.0 Å². The van der Waals surface area contributed by atoms with E-state index in [1.54, 1.807) is 0 Å². The Morgan fingerprint density at radius 2 is 1.52 bits per heavy atom. The van der Waals surface area contributed by atoms with E-state index in [2.05, 4.69) is 12.2 Å². The van der Waals surface area contributed by atoms with Gasteiger partial charge < -0.3 is 15.0 Å². The fraction of sp³-hybridized carbons (Fsp3) is 0.815. The van der Waals surface area contributed by atoms with Crippen LogP contribution >= 0.6 is 23.2 Å². The smallest absolute Gasteiger partial charge is 0.249 e. The lowest BCUT2D eigenvalue weighted by molar-refractivity contribution is -0.117. The number of carbonyl (C=O) groups excluding carboxylic acids is 1. The molecule has 1 aliphatic heterocycles. The highest BCUT2D eigenvalue weighted by atomic mass is 35.5. The highest BCUT2D eigenvalue weighted by Gasteiger charge is 2.16. The lowest BCUT2D eigenvalue weighted by atomic mass is 10.0. The Morgan fingerprint density at radius 3 is 2.12 bits per heavy atom. The SMILES string of the molecule is CCCCCCCCC(Cl)C(Cl)CCCCCCCCOCN1C=CC=C(C(=O)NCC)C1. The van der Waals surface area contributed by atoms with Crippen molar-refractivity contribution in [2.45, 2.75) is 114 Å². The first-order chi connectivity index (χ1) is 16.1. The summed E-state index contributed by atoms with van der Waals surface area (Å²) in [6.07, 6.45) is 22.9. The van der Waals surface area contributed by atoms with E-state index >= 15 is 0 Å². The van der Waals surface area contributed by atoms with Gasteiger partial charge in [-0.2, -0.15) is 0 Å². The molecule has 0 aliphatic carbocycles. The first-order valence-corrected chi connectivity index (χ1v) is 14.2. The minimum absolute atomic E-state index is 0.00621. The van der Waals surface area contributed by atoms with E-state index in [0.717, 1.165) is 31.4 Å². The van der Waals surface area contributed by atoms with E-state index in [1.807, 2.05) is 30.2 Å². The Labute approximate surface area is 213 Å². The van der Waals surface area contributed by atoms with Gasteiger partial charge in [0, 0.05) is 35.7 Å². The normalized spacial score (nSPS) is 15.4. The number of carbonyl (C=O) groups is 1. The zero-order valence-electron chi connectivity index (χ0n) is 21.1. The molecule has 1 aliphatic rings. The van der Waals surface area contributed by atoms with Crippen LogP contribution in [0.1, 0.15) is 104 Å². The van der Waals surface area contributed by atoms with Crippen molar-refractivity contribution in [1.82, 2.24) is 10.2 Å². The summed E-state index contributed by atoms with van der Waals surface area (Å²) in [6.45, 7) is 6.73. The lowest BCUT2D eigenvalue weighted by Crippen LogP contribution is -2.33. The number of unbranched alkanes of at least 4 members (excludes halogenated alkanes) is 10. The number of alkyl halides is 2. The molecule has 0 fully saturated rings. The molecule has 6 heteroatoms. The van der Waals surface area contributed by atoms with Gasteiger partial charge in [0.05, 0.1) is 6.54 Å². The van der Waals surface area contributed by atoms with Gasteiger partial charge in [-0.15, -0.1) is 23.2 Å². The molecule has 0 radical (unpaired) electrons. The second-order valence-corrected chi connectivity index (χ2v) is 10.3. The molecule has 0 aromatic carbocycles. The van der Waals surface area contributed by atoms with Gasteiger partial charge in [-0.1, -0.05) is 83.6 Å². The summed E-state index contributed by atoms with van der Waals surface area (Å²) in [4.78, 5) is 14.0. The number of amides is 1. The van der Waals surface area contributed by atoms with Crippen molar-refractivity contribution in [3.63, 3.8) is 0 Å². The Bertz CT molecular complexity index is 554. The van der Waals surface area contributed by atoms with Crippen molar-refractivity contribution in [3.8, 4) is 0 Å². The van der Waals surface area contributed by atoms with Gasteiger partial charge in [-0.05, 0) is 32.3 Å². The zero-order chi connectivity index (χ0) is 24.2. The molecule has 0 bridgehead atoms. The van der Waals surface area contributed by atoms with Crippen LogP contribution < -0.4 is 5.32 Å². The summed E-state index contributed by atoms with van der Waals surface area (Å²) >= 11 is 13.0. The van der Waals surface area contributed by atoms with Crippen molar-refractivity contribution in [2.75, 3.05) is 26.4 Å². The number of ether oxygens (including phenoxy) is 1. The second kappa shape index (κ2) is 20.6.